The second-order valence-corrected chi connectivity index (χ2v) is 5.28. The Morgan fingerprint density at radius 3 is 2.31 bits per heavy atom. The number of halogens is 1. The van der Waals surface area contributed by atoms with Crippen molar-refractivity contribution in [3.8, 4) is 0 Å². The Morgan fingerprint density at radius 2 is 1.88 bits per heavy atom. The van der Waals surface area contributed by atoms with Gasteiger partial charge in [-0.05, 0) is 61.4 Å². The van der Waals surface area contributed by atoms with Crippen LogP contribution in [0.4, 0.5) is 5.69 Å². The van der Waals surface area contributed by atoms with Crippen LogP contribution in [0.1, 0.15) is 32.4 Å². The van der Waals surface area contributed by atoms with Crippen molar-refractivity contribution in [2.24, 2.45) is 0 Å². The minimum atomic E-state index is 0.384. The predicted octanol–water partition coefficient (Wildman–Crippen LogP) is 3.57. The fourth-order valence-corrected chi connectivity index (χ4v) is 2.20. The summed E-state index contributed by atoms with van der Waals surface area (Å²) in [5, 5.41) is 3.25. The molecule has 0 saturated carbocycles. The first-order valence-electron chi connectivity index (χ1n) is 5.67. The van der Waals surface area contributed by atoms with Crippen molar-refractivity contribution in [3.63, 3.8) is 0 Å². The van der Waals surface area contributed by atoms with Crippen LogP contribution in [-0.4, -0.2) is 20.1 Å². The number of nitrogens with one attached hydrogen (secondary N) is 1. The average molecular weight is 285 g/mol. The smallest absolute Gasteiger partial charge is 0.0510 e. The molecule has 0 fully saturated rings. The van der Waals surface area contributed by atoms with E-state index in [9.17, 15) is 0 Å². The average Bonchev–Trinajstić information content (AvgIpc) is 2.26. The molecule has 0 amide bonds. The fraction of sp³-hybridized carbons (Fsp3) is 0.538. The quantitative estimate of drug-likeness (QED) is 0.909. The summed E-state index contributed by atoms with van der Waals surface area (Å²) in [4.78, 5) is 2.26. The molecule has 0 bridgehead atoms. The number of nitrogens with zero attached hydrogens (tertiary/aromatic N) is 1. The van der Waals surface area contributed by atoms with Gasteiger partial charge in [-0.1, -0.05) is 6.07 Å². The monoisotopic (exact) mass is 284 g/mol. The highest BCUT2D eigenvalue weighted by atomic mass is 79.9. The minimum Gasteiger partial charge on any atom is -0.371 e. The highest BCUT2D eigenvalue weighted by Gasteiger charge is 2.11. The molecule has 2 nitrogen and oxygen atoms in total. The molecule has 0 aliphatic heterocycles. The van der Waals surface area contributed by atoms with Crippen LogP contribution in [0.2, 0.25) is 0 Å². The largest absolute Gasteiger partial charge is 0.371 e. The second kappa shape index (κ2) is 5.69. The Kier molecular flexibility index (Phi) is 4.81. The number of anilines is 1. The van der Waals surface area contributed by atoms with Crippen LogP contribution >= 0.6 is 15.9 Å². The summed E-state index contributed by atoms with van der Waals surface area (Å²) < 4.78 is 1.16. The molecule has 1 N–H and O–H groups in total. The molecule has 0 aliphatic rings. The molecule has 0 spiro atoms. The van der Waals surface area contributed by atoms with Gasteiger partial charge in [0.15, 0.2) is 0 Å². The van der Waals surface area contributed by atoms with Crippen molar-refractivity contribution in [1.82, 2.24) is 5.32 Å². The third-order valence-corrected chi connectivity index (χ3v) is 3.69. The SMILES string of the molecule is CNC(C)c1ccc(N(C)C(C)C)c(Br)c1. The van der Waals surface area contributed by atoms with E-state index in [1.165, 1.54) is 11.3 Å². The summed E-state index contributed by atoms with van der Waals surface area (Å²) in [6, 6.07) is 7.43. The molecule has 1 unspecified atom stereocenters. The van der Waals surface area contributed by atoms with Crippen molar-refractivity contribution in [3.05, 3.63) is 28.2 Å². The van der Waals surface area contributed by atoms with E-state index in [1.807, 2.05) is 7.05 Å². The van der Waals surface area contributed by atoms with Crippen LogP contribution in [0.25, 0.3) is 0 Å². The molecule has 0 heterocycles. The summed E-state index contributed by atoms with van der Waals surface area (Å²) >= 11 is 3.64. The van der Waals surface area contributed by atoms with Crippen LogP contribution in [0, 0.1) is 0 Å². The molecular weight excluding hydrogens is 264 g/mol. The van der Waals surface area contributed by atoms with E-state index in [0.29, 0.717) is 12.1 Å². The van der Waals surface area contributed by atoms with E-state index < -0.39 is 0 Å². The normalized spacial score (nSPS) is 12.9. The van der Waals surface area contributed by atoms with E-state index in [0.717, 1.165) is 4.47 Å². The molecule has 3 heteroatoms. The van der Waals surface area contributed by atoms with E-state index in [1.54, 1.807) is 0 Å². The van der Waals surface area contributed by atoms with Crippen molar-refractivity contribution < 1.29 is 0 Å². The molecule has 0 aromatic heterocycles. The van der Waals surface area contributed by atoms with Crippen LogP contribution in [0.15, 0.2) is 22.7 Å². The molecule has 16 heavy (non-hydrogen) atoms. The topological polar surface area (TPSA) is 15.3 Å². The Balaban J connectivity index is 3.00. The van der Waals surface area contributed by atoms with Gasteiger partial charge in [0, 0.05) is 23.6 Å². The maximum absolute atomic E-state index is 3.64. The van der Waals surface area contributed by atoms with Gasteiger partial charge in [0.25, 0.3) is 0 Å². The van der Waals surface area contributed by atoms with Gasteiger partial charge in [-0.3, -0.25) is 0 Å². The van der Waals surface area contributed by atoms with Gasteiger partial charge in [-0.25, -0.2) is 0 Å². The molecule has 0 saturated heterocycles. The molecule has 1 aromatic rings. The summed E-state index contributed by atoms with van der Waals surface area (Å²) in [5.41, 5.74) is 2.54. The number of rotatable bonds is 4. The third kappa shape index (κ3) is 2.98. The Bertz CT molecular complexity index is 350. The van der Waals surface area contributed by atoms with Gasteiger partial charge in [0.05, 0.1) is 5.69 Å². The maximum atomic E-state index is 3.64. The van der Waals surface area contributed by atoms with Gasteiger partial charge in [-0.15, -0.1) is 0 Å². The first-order chi connectivity index (χ1) is 7.47. The molecular formula is C13H21BrN2. The minimum absolute atomic E-state index is 0.384. The highest BCUT2D eigenvalue weighted by molar-refractivity contribution is 9.10. The lowest BCUT2D eigenvalue weighted by molar-refractivity contribution is 0.651. The van der Waals surface area contributed by atoms with Gasteiger partial charge in [-0.2, -0.15) is 0 Å². The first kappa shape index (κ1) is 13.5. The third-order valence-electron chi connectivity index (χ3n) is 3.06. The van der Waals surface area contributed by atoms with Gasteiger partial charge < -0.3 is 10.2 Å². The zero-order valence-corrected chi connectivity index (χ0v) is 12.3. The maximum Gasteiger partial charge on any atom is 0.0510 e. The highest BCUT2D eigenvalue weighted by Crippen LogP contribution is 2.29. The fourth-order valence-electron chi connectivity index (χ4n) is 1.52. The molecule has 1 rings (SSSR count). The lowest BCUT2D eigenvalue weighted by atomic mass is 10.1. The van der Waals surface area contributed by atoms with Crippen LogP contribution in [-0.2, 0) is 0 Å². The summed E-state index contributed by atoms with van der Waals surface area (Å²) in [5.74, 6) is 0. The Hall–Kier alpha value is -0.540. The Labute approximate surface area is 107 Å². The van der Waals surface area contributed by atoms with Crippen LogP contribution < -0.4 is 10.2 Å². The van der Waals surface area contributed by atoms with Crippen LogP contribution in [0.3, 0.4) is 0 Å². The van der Waals surface area contributed by atoms with Crippen molar-refractivity contribution >= 4 is 21.6 Å². The van der Waals surface area contributed by atoms with E-state index in [-0.39, 0.29) is 0 Å². The molecule has 1 atom stereocenters. The molecule has 0 aliphatic carbocycles. The molecule has 90 valence electrons. The van der Waals surface area contributed by atoms with Crippen molar-refractivity contribution in [2.75, 3.05) is 19.0 Å². The molecule has 0 radical (unpaired) electrons. The van der Waals surface area contributed by atoms with Gasteiger partial charge >= 0.3 is 0 Å². The van der Waals surface area contributed by atoms with Gasteiger partial charge in [0.2, 0.25) is 0 Å². The zero-order chi connectivity index (χ0) is 12.3. The Morgan fingerprint density at radius 1 is 1.25 bits per heavy atom. The number of hydrogen-bond acceptors (Lipinski definition) is 2. The van der Waals surface area contributed by atoms with Crippen LogP contribution in [0.5, 0.6) is 0 Å². The zero-order valence-electron chi connectivity index (χ0n) is 10.7. The second-order valence-electron chi connectivity index (χ2n) is 4.43. The van der Waals surface area contributed by atoms with Crippen molar-refractivity contribution in [2.45, 2.75) is 32.9 Å². The predicted molar refractivity (Wildman–Crippen MR) is 75.2 cm³/mol. The summed E-state index contributed by atoms with van der Waals surface area (Å²) in [7, 11) is 4.10. The van der Waals surface area contributed by atoms with E-state index in [2.05, 4.69) is 72.2 Å². The van der Waals surface area contributed by atoms with Gasteiger partial charge in [0.1, 0.15) is 0 Å². The first-order valence-corrected chi connectivity index (χ1v) is 6.46. The van der Waals surface area contributed by atoms with E-state index >= 15 is 0 Å². The van der Waals surface area contributed by atoms with E-state index in [4.69, 9.17) is 0 Å². The lowest BCUT2D eigenvalue weighted by Gasteiger charge is -2.25. The summed E-state index contributed by atoms with van der Waals surface area (Å²) in [6.45, 7) is 6.54. The lowest BCUT2D eigenvalue weighted by Crippen LogP contribution is -2.26. The standard InChI is InChI=1S/C13H21BrN2/c1-9(2)16(5)13-7-6-11(8-12(13)14)10(3)15-4/h6-10,15H,1-5H3. The number of benzene rings is 1. The molecule has 1 aromatic carbocycles. The van der Waals surface area contributed by atoms with Crippen molar-refractivity contribution in [1.29, 1.82) is 0 Å². The number of hydrogen-bond donors (Lipinski definition) is 1. The summed E-state index contributed by atoms with van der Waals surface area (Å²) in [6.07, 6.45) is 0.